The van der Waals surface area contributed by atoms with Crippen LogP contribution in [0.25, 0.3) is 0 Å². The van der Waals surface area contributed by atoms with Crippen molar-refractivity contribution in [3.8, 4) is 5.75 Å². The van der Waals surface area contributed by atoms with E-state index in [0.717, 1.165) is 12.8 Å². The zero-order valence-corrected chi connectivity index (χ0v) is 14.5. The lowest BCUT2D eigenvalue weighted by Crippen LogP contribution is -2.39. The van der Waals surface area contributed by atoms with Crippen LogP contribution in [-0.4, -0.2) is 31.5 Å². The maximum absolute atomic E-state index is 12.4. The maximum Gasteiger partial charge on any atom is 0.227 e. The highest BCUT2D eigenvalue weighted by Gasteiger charge is 2.36. The van der Waals surface area contributed by atoms with Crippen molar-refractivity contribution in [3.63, 3.8) is 0 Å². The number of methoxy groups -OCH3 is 1. The summed E-state index contributed by atoms with van der Waals surface area (Å²) in [6.45, 7) is 4.43. The fourth-order valence-electron chi connectivity index (χ4n) is 2.80. The fraction of sp³-hybridized carbons (Fsp3) is 0.529. The second kappa shape index (κ2) is 7.68. The Morgan fingerprint density at radius 3 is 2.74 bits per heavy atom. The first-order valence-corrected chi connectivity index (χ1v) is 8.32. The number of rotatable bonds is 6. The number of amides is 2. The third-order valence-electron chi connectivity index (χ3n) is 4.26. The molecule has 1 aliphatic rings. The maximum atomic E-state index is 12.4. The number of halogens is 1. The van der Waals surface area contributed by atoms with Gasteiger partial charge in [0.2, 0.25) is 11.8 Å². The molecule has 0 saturated carbocycles. The van der Waals surface area contributed by atoms with Crippen LogP contribution in [0.4, 0.5) is 5.69 Å². The van der Waals surface area contributed by atoms with Crippen LogP contribution in [0.2, 0.25) is 5.02 Å². The van der Waals surface area contributed by atoms with Crippen LogP contribution < -0.4 is 15.0 Å². The number of benzene rings is 1. The standard InChI is InChI=1S/C17H23ClN2O3/c1-4-13(5-2)19-17(22)11-8-16(21)20(10-11)14-9-12(18)6-7-15(14)23-3/h6-7,9,11,13H,4-5,8,10H2,1-3H3,(H,19,22). The summed E-state index contributed by atoms with van der Waals surface area (Å²) in [5.74, 6) is 0.0846. The van der Waals surface area contributed by atoms with Crippen molar-refractivity contribution in [3.05, 3.63) is 23.2 Å². The van der Waals surface area contributed by atoms with E-state index in [9.17, 15) is 9.59 Å². The number of ether oxygens (including phenoxy) is 1. The Bertz CT molecular complexity index is 587. The molecular weight excluding hydrogens is 316 g/mol. The van der Waals surface area contributed by atoms with Gasteiger partial charge in [-0.05, 0) is 31.0 Å². The van der Waals surface area contributed by atoms with Gasteiger partial charge in [-0.25, -0.2) is 0 Å². The lowest BCUT2D eigenvalue weighted by atomic mass is 10.1. The predicted octanol–water partition coefficient (Wildman–Crippen LogP) is 3.01. The van der Waals surface area contributed by atoms with Crippen LogP contribution in [0, 0.1) is 5.92 Å². The molecule has 2 amide bonds. The molecule has 1 atom stereocenters. The highest BCUT2D eigenvalue weighted by atomic mass is 35.5. The summed E-state index contributed by atoms with van der Waals surface area (Å²) in [6.07, 6.45) is 1.98. The first-order valence-electron chi connectivity index (χ1n) is 7.94. The summed E-state index contributed by atoms with van der Waals surface area (Å²) in [6, 6.07) is 5.29. The zero-order chi connectivity index (χ0) is 17.0. The minimum atomic E-state index is -0.341. The van der Waals surface area contributed by atoms with Crippen molar-refractivity contribution >= 4 is 29.1 Å². The third-order valence-corrected chi connectivity index (χ3v) is 4.49. The van der Waals surface area contributed by atoms with Crippen LogP contribution in [0.1, 0.15) is 33.1 Å². The molecule has 1 aliphatic heterocycles. The lowest BCUT2D eigenvalue weighted by Gasteiger charge is -2.21. The van der Waals surface area contributed by atoms with Gasteiger partial charge in [0, 0.05) is 24.0 Å². The lowest BCUT2D eigenvalue weighted by molar-refractivity contribution is -0.127. The number of hydrogen-bond donors (Lipinski definition) is 1. The van der Waals surface area contributed by atoms with Crippen LogP contribution in [-0.2, 0) is 9.59 Å². The first-order chi connectivity index (χ1) is 11.0. The first kappa shape index (κ1) is 17.6. The Kier molecular flexibility index (Phi) is 5.88. The molecule has 1 fully saturated rings. The normalized spacial score (nSPS) is 17.7. The molecule has 126 valence electrons. The molecule has 6 heteroatoms. The molecule has 1 saturated heterocycles. The monoisotopic (exact) mass is 338 g/mol. The minimum absolute atomic E-state index is 0.0597. The highest BCUT2D eigenvalue weighted by molar-refractivity contribution is 6.31. The van der Waals surface area contributed by atoms with Crippen molar-refractivity contribution in [2.75, 3.05) is 18.6 Å². The average molecular weight is 339 g/mol. The van der Waals surface area contributed by atoms with Gasteiger partial charge in [0.05, 0.1) is 18.7 Å². The van der Waals surface area contributed by atoms with Gasteiger partial charge >= 0.3 is 0 Å². The average Bonchev–Trinajstić information content (AvgIpc) is 2.94. The van der Waals surface area contributed by atoms with Gasteiger partial charge in [0.1, 0.15) is 5.75 Å². The third kappa shape index (κ3) is 3.96. The molecule has 1 heterocycles. The SMILES string of the molecule is CCC(CC)NC(=O)C1CC(=O)N(c2cc(Cl)ccc2OC)C1. The van der Waals surface area contributed by atoms with Crippen molar-refractivity contribution < 1.29 is 14.3 Å². The van der Waals surface area contributed by atoms with Gasteiger partial charge in [0.25, 0.3) is 0 Å². The van der Waals surface area contributed by atoms with Gasteiger partial charge in [-0.3, -0.25) is 9.59 Å². The van der Waals surface area contributed by atoms with Crippen LogP contribution >= 0.6 is 11.6 Å². The summed E-state index contributed by atoms with van der Waals surface area (Å²) in [4.78, 5) is 26.3. The molecule has 2 rings (SSSR count). The quantitative estimate of drug-likeness (QED) is 0.867. The molecule has 1 unspecified atom stereocenters. The van der Waals surface area contributed by atoms with E-state index in [0.29, 0.717) is 23.0 Å². The Morgan fingerprint density at radius 1 is 1.43 bits per heavy atom. The number of carbonyl (C=O) groups is 2. The molecule has 1 N–H and O–H groups in total. The number of carbonyl (C=O) groups excluding carboxylic acids is 2. The summed E-state index contributed by atoms with van der Waals surface area (Å²) in [5, 5.41) is 3.54. The van der Waals surface area contributed by atoms with Gasteiger partial charge in [-0.1, -0.05) is 25.4 Å². The molecule has 0 radical (unpaired) electrons. The molecule has 23 heavy (non-hydrogen) atoms. The van der Waals surface area contributed by atoms with Crippen molar-refractivity contribution in [2.24, 2.45) is 5.92 Å². The molecule has 0 aliphatic carbocycles. The fourth-order valence-corrected chi connectivity index (χ4v) is 2.97. The van der Waals surface area contributed by atoms with Crippen molar-refractivity contribution in [2.45, 2.75) is 39.2 Å². The summed E-state index contributed by atoms with van der Waals surface area (Å²) >= 11 is 6.03. The Morgan fingerprint density at radius 2 is 2.13 bits per heavy atom. The van der Waals surface area contributed by atoms with E-state index in [1.165, 1.54) is 0 Å². The van der Waals surface area contributed by atoms with E-state index in [2.05, 4.69) is 5.32 Å². The molecule has 1 aromatic rings. The number of nitrogens with zero attached hydrogens (tertiary/aromatic N) is 1. The Balaban J connectivity index is 2.14. The van der Waals surface area contributed by atoms with Gasteiger partial charge < -0.3 is 15.0 Å². The van der Waals surface area contributed by atoms with Crippen molar-refractivity contribution in [1.82, 2.24) is 5.32 Å². The van der Waals surface area contributed by atoms with E-state index < -0.39 is 0 Å². The minimum Gasteiger partial charge on any atom is -0.495 e. The second-order valence-electron chi connectivity index (χ2n) is 5.74. The summed E-state index contributed by atoms with van der Waals surface area (Å²) < 4.78 is 5.30. The van der Waals surface area contributed by atoms with Gasteiger partial charge in [0.15, 0.2) is 0 Å². The van der Waals surface area contributed by atoms with Gasteiger partial charge in [-0.2, -0.15) is 0 Å². The Labute approximate surface area is 141 Å². The van der Waals surface area contributed by atoms with E-state index in [1.807, 2.05) is 13.8 Å². The number of hydrogen-bond acceptors (Lipinski definition) is 3. The number of anilines is 1. The van der Waals surface area contributed by atoms with Crippen molar-refractivity contribution in [1.29, 1.82) is 0 Å². The largest absolute Gasteiger partial charge is 0.495 e. The van der Waals surface area contributed by atoms with E-state index >= 15 is 0 Å². The second-order valence-corrected chi connectivity index (χ2v) is 6.18. The molecule has 0 aromatic heterocycles. The molecule has 0 spiro atoms. The summed E-state index contributed by atoms with van der Waals surface area (Å²) in [7, 11) is 1.55. The zero-order valence-electron chi connectivity index (χ0n) is 13.8. The van der Waals surface area contributed by atoms with Gasteiger partial charge in [-0.15, -0.1) is 0 Å². The van der Waals surface area contributed by atoms with Crippen LogP contribution in [0.5, 0.6) is 5.75 Å². The van der Waals surface area contributed by atoms with E-state index in [-0.39, 0.29) is 30.2 Å². The highest BCUT2D eigenvalue weighted by Crippen LogP contribution is 2.35. The summed E-state index contributed by atoms with van der Waals surface area (Å²) in [5.41, 5.74) is 0.614. The number of nitrogens with one attached hydrogen (secondary N) is 1. The molecule has 1 aromatic carbocycles. The van der Waals surface area contributed by atoms with Crippen LogP contribution in [0.15, 0.2) is 18.2 Å². The molecular formula is C17H23ClN2O3. The van der Waals surface area contributed by atoms with E-state index in [1.54, 1.807) is 30.2 Å². The van der Waals surface area contributed by atoms with Crippen LogP contribution in [0.3, 0.4) is 0 Å². The Hall–Kier alpha value is -1.75. The predicted molar refractivity (Wildman–Crippen MR) is 91.0 cm³/mol. The topological polar surface area (TPSA) is 58.6 Å². The van der Waals surface area contributed by atoms with E-state index in [4.69, 9.17) is 16.3 Å². The molecule has 5 nitrogen and oxygen atoms in total. The molecule has 0 bridgehead atoms. The smallest absolute Gasteiger partial charge is 0.227 e.